The van der Waals surface area contributed by atoms with Gasteiger partial charge in [0.25, 0.3) is 5.69 Å². The first-order valence-corrected chi connectivity index (χ1v) is 4.99. The molecule has 0 atom stereocenters. The maximum absolute atomic E-state index is 10.7. The van der Waals surface area contributed by atoms with Crippen molar-refractivity contribution in [1.82, 2.24) is 0 Å². The molecule has 6 nitrogen and oxygen atoms in total. The molecule has 1 aromatic carbocycles. The van der Waals surface area contributed by atoms with Gasteiger partial charge in [0, 0.05) is 18.1 Å². The predicted molar refractivity (Wildman–Crippen MR) is 62.2 cm³/mol. The maximum Gasteiger partial charge on any atom is 0.304 e. The van der Waals surface area contributed by atoms with Crippen LogP contribution in [0.4, 0.5) is 5.69 Å². The lowest BCUT2D eigenvalue weighted by Crippen LogP contribution is -1.95. The van der Waals surface area contributed by atoms with Gasteiger partial charge in [-0.1, -0.05) is 11.8 Å². The van der Waals surface area contributed by atoms with Crippen LogP contribution in [-0.2, 0) is 4.79 Å². The molecule has 0 radical (unpaired) electrons. The SMILES string of the molecule is O=Cc1ccc(C#CCCC(=O)O)cc1[N+](=O)[O-]. The van der Waals surface area contributed by atoms with E-state index in [1.807, 2.05) is 0 Å². The molecule has 0 spiro atoms. The van der Waals surface area contributed by atoms with Crippen molar-refractivity contribution >= 4 is 17.9 Å². The molecule has 0 saturated carbocycles. The van der Waals surface area contributed by atoms with Gasteiger partial charge in [0.15, 0.2) is 6.29 Å². The summed E-state index contributed by atoms with van der Waals surface area (Å²) in [5, 5.41) is 19.1. The van der Waals surface area contributed by atoms with Gasteiger partial charge in [-0.3, -0.25) is 19.7 Å². The summed E-state index contributed by atoms with van der Waals surface area (Å²) in [7, 11) is 0. The zero-order valence-electron chi connectivity index (χ0n) is 9.25. The number of rotatable bonds is 4. The molecule has 0 fully saturated rings. The van der Waals surface area contributed by atoms with Crippen molar-refractivity contribution < 1.29 is 19.6 Å². The van der Waals surface area contributed by atoms with Crippen LogP contribution in [0.1, 0.15) is 28.8 Å². The number of hydrogen-bond donors (Lipinski definition) is 1. The Morgan fingerprint density at radius 2 is 2.22 bits per heavy atom. The molecule has 92 valence electrons. The van der Waals surface area contributed by atoms with Gasteiger partial charge in [-0.05, 0) is 12.1 Å². The van der Waals surface area contributed by atoms with Gasteiger partial charge < -0.3 is 5.11 Å². The van der Waals surface area contributed by atoms with Gasteiger partial charge in [0.1, 0.15) is 0 Å². The first kappa shape index (κ1) is 13.4. The van der Waals surface area contributed by atoms with E-state index in [1.165, 1.54) is 18.2 Å². The minimum absolute atomic E-state index is 0.0175. The van der Waals surface area contributed by atoms with Gasteiger partial charge in [-0.2, -0.15) is 0 Å². The van der Waals surface area contributed by atoms with Crippen LogP contribution in [0.25, 0.3) is 0 Å². The third kappa shape index (κ3) is 3.72. The summed E-state index contributed by atoms with van der Waals surface area (Å²) in [5.74, 6) is 4.26. The molecule has 1 N–H and O–H groups in total. The van der Waals surface area contributed by atoms with Crippen molar-refractivity contribution in [2.75, 3.05) is 0 Å². The molecule has 0 saturated heterocycles. The lowest BCUT2D eigenvalue weighted by atomic mass is 10.1. The van der Waals surface area contributed by atoms with Gasteiger partial charge in [-0.25, -0.2) is 0 Å². The fraction of sp³-hybridized carbons (Fsp3) is 0.167. The first-order chi connectivity index (χ1) is 8.54. The molecule has 0 unspecified atom stereocenters. The molecular formula is C12H9NO5. The summed E-state index contributed by atoms with van der Waals surface area (Å²) in [6.07, 6.45) is 0.486. The highest BCUT2D eigenvalue weighted by molar-refractivity contribution is 5.81. The zero-order chi connectivity index (χ0) is 13.5. The number of aliphatic carboxylic acids is 1. The van der Waals surface area contributed by atoms with Crippen molar-refractivity contribution in [2.24, 2.45) is 0 Å². The Kier molecular flexibility index (Phi) is 4.58. The number of carboxylic acid groups (broad SMARTS) is 1. The third-order valence-electron chi connectivity index (χ3n) is 2.05. The smallest absolute Gasteiger partial charge is 0.304 e. The number of carboxylic acids is 1. The summed E-state index contributed by atoms with van der Waals surface area (Å²) in [5.41, 5.74) is 0.0452. The number of nitro benzene ring substituents is 1. The second-order valence-corrected chi connectivity index (χ2v) is 3.34. The van der Waals surface area contributed by atoms with Gasteiger partial charge in [0.2, 0.25) is 0 Å². The Morgan fingerprint density at radius 1 is 1.50 bits per heavy atom. The van der Waals surface area contributed by atoms with Crippen molar-refractivity contribution in [1.29, 1.82) is 0 Å². The summed E-state index contributed by atoms with van der Waals surface area (Å²) < 4.78 is 0. The number of carbonyl (C=O) groups excluding carboxylic acids is 1. The Balaban J connectivity index is 2.91. The lowest BCUT2D eigenvalue weighted by Gasteiger charge is -1.96. The molecule has 18 heavy (non-hydrogen) atoms. The maximum atomic E-state index is 10.7. The van der Waals surface area contributed by atoms with Crippen molar-refractivity contribution in [2.45, 2.75) is 12.8 Å². The Labute approximate surface area is 102 Å². The number of benzene rings is 1. The van der Waals surface area contributed by atoms with E-state index in [4.69, 9.17) is 5.11 Å². The molecule has 0 aromatic heterocycles. The van der Waals surface area contributed by atoms with E-state index in [0.717, 1.165) is 0 Å². The van der Waals surface area contributed by atoms with Crippen LogP contribution in [-0.4, -0.2) is 22.3 Å². The Hall–Kier alpha value is -2.68. The predicted octanol–water partition coefficient (Wildman–Crippen LogP) is 1.62. The molecule has 1 aromatic rings. The minimum Gasteiger partial charge on any atom is -0.481 e. The molecule has 0 amide bonds. The number of aldehydes is 1. The van der Waals surface area contributed by atoms with E-state index in [2.05, 4.69) is 11.8 Å². The van der Waals surface area contributed by atoms with Crippen LogP contribution < -0.4 is 0 Å². The van der Waals surface area contributed by atoms with Crippen LogP contribution in [0.3, 0.4) is 0 Å². The van der Waals surface area contributed by atoms with E-state index in [9.17, 15) is 19.7 Å². The number of nitro groups is 1. The van der Waals surface area contributed by atoms with Crippen LogP contribution in [0.15, 0.2) is 18.2 Å². The monoisotopic (exact) mass is 247 g/mol. The second-order valence-electron chi connectivity index (χ2n) is 3.34. The van der Waals surface area contributed by atoms with E-state index in [-0.39, 0.29) is 24.1 Å². The number of carbonyl (C=O) groups is 2. The normalized spacial score (nSPS) is 9.11. The van der Waals surface area contributed by atoms with E-state index < -0.39 is 10.9 Å². The van der Waals surface area contributed by atoms with Gasteiger partial charge in [0.05, 0.1) is 16.9 Å². The molecule has 1 rings (SSSR count). The average molecular weight is 247 g/mol. The van der Waals surface area contributed by atoms with E-state index in [0.29, 0.717) is 11.8 Å². The molecule has 0 heterocycles. The summed E-state index contributed by atoms with van der Waals surface area (Å²) >= 11 is 0. The summed E-state index contributed by atoms with van der Waals surface area (Å²) in [6, 6.07) is 3.98. The van der Waals surface area contributed by atoms with Crippen molar-refractivity contribution in [3.05, 3.63) is 39.4 Å². The first-order valence-electron chi connectivity index (χ1n) is 4.99. The molecule has 0 aliphatic rings. The lowest BCUT2D eigenvalue weighted by molar-refractivity contribution is -0.385. The molecule has 0 bridgehead atoms. The minimum atomic E-state index is -0.952. The standard InChI is InChI=1S/C12H9NO5/c14-8-10-6-5-9(7-11(10)13(17)18)3-1-2-4-12(15)16/h5-8H,2,4H2,(H,15,16). The summed E-state index contributed by atoms with van der Waals surface area (Å²) in [6.45, 7) is 0. The quantitative estimate of drug-likeness (QED) is 0.377. The highest BCUT2D eigenvalue weighted by atomic mass is 16.6. The van der Waals surface area contributed by atoms with Crippen LogP contribution in [0.2, 0.25) is 0 Å². The summed E-state index contributed by atoms with van der Waals surface area (Å²) in [4.78, 5) is 30.8. The number of nitrogens with zero attached hydrogens (tertiary/aromatic N) is 1. The Morgan fingerprint density at radius 3 is 2.78 bits per heavy atom. The van der Waals surface area contributed by atoms with Crippen LogP contribution >= 0.6 is 0 Å². The van der Waals surface area contributed by atoms with Gasteiger partial charge in [-0.15, -0.1) is 0 Å². The van der Waals surface area contributed by atoms with E-state index >= 15 is 0 Å². The average Bonchev–Trinajstić information content (AvgIpc) is 2.34. The number of hydrogen-bond acceptors (Lipinski definition) is 4. The van der Waals surface area contributed by atoms with Gasteiger partial charge >= 0.3 is 5.97 Å². The zero-order valence-corrected chi connectivity index (χ0v) is 9.25. The fourth-order valence-electron chi connectivity index (χ4n) is 1.21. The fourth-order valence-corrected chi connectivity index (χ4v) is 1.21. The highest BCUT2D eigenvalue weighted by Crippen LogP contribution is 2.18. The highest BCUT2D eigenvalue weighted by Gasteiger charge is 2.12. The van der Waals surface area contributed by atoms with Crippen LogP contribution in [0.5, 0.6) is 0 Å². The van der Waals surface area contributed by atoms with Crippen molar-refractivity contribution in [3.8, 4) is 11.8 Å². The van der Waals surface area contributed by atoms with Crippen LogP contribution in [0, 0.1) is 22.0 Å². The Bertz CT molecular complexity index is 553. The second kappa shape index (κ2) is 6.15. The molecule has 0 aliphatic carbocycles. The topological polar surface area (TPSA) is 97.5 Å². The van der Waals surface area contributed by atoms with E-state index in [1.54, 1.807) is 0 Å². The molecular weight excluding hydrogens is 238 g/mol. The largest absolute Gasteiger partial charge is 0.481 e. The third-order valence-corrected chi connectivity index (χ3v) is 2.05. The molecule has 0 aliphatic heterocycles. The van der Waals surface area contributed by atoms with Crippen molar-refractivity contribution in [3.63, 3.8) is 0 Å². The molecule has 6 heteroatoms.